The third-order valence-electron chi connectivity index (χ3n) is 6.85. The summed E-state index contributed by atoms with van der Waals surface area (Å²) in [4.78, 5) is 5.18. The topological polar surface area (TPSA) is 67.2 Å². The second-order valence-corrected chi connectivity index (χ2v) is 9.53. The molecular formula is C28H44Br2N2O3. The third-order valence-corrected chi connectivity index (χ3v) is 6.85. The number of rotatable bonds is 14. The maximum atomic E-state index is 9.76. The Morgan fingerprint density at radius 1 is 0.857 bits per heavy atom. The summed E-state index contributed by atoms with van der Waals surface area (Å²) >= 11 is 0. The van der Waals surface area contributed by atoms with Gasteiger partial charge in [0.05, 0.1) is 0 Å². The molecule has 0 amide bonds. The summed E-state index contributed by atoms with van der Waals surface area (Å²) in [5.41, 5.74) is 2.31. The van der Waals surface area contributed by atoms with E-state index in [-0.39, 0.29) is 45.5 Å². The van der Waals surface area contributed by atoms with Gasteiger partial charge in [0, 0.05) is 12.6 Å². The van der Waals surface area contributed by atoms with Crippen molar-refractivity contribution in [3.05, 3.63) is 53.6 Å². The number of aromatic hydroxyl groups is 3. The molecule has 5 nitrogen and oxygen atoms in total. The first-order valence-corrected chi connectivity index (χ1v) is 12.8. The van der Waals surface area contributed by atoms with Crippen LogP contribution in [0.1, 0.15) is 63.0 Å². The Hall–Kier alpha value is -1.28. The normalized spacial score (nSPS) is 15.7. The Bertz CT molecular complexity index is 853. The maximum Gasteiger partial charge on any atom is 0.157 e. The summed E-state index contributed by atoms with van der Waals surface area (Å²) < 4.78 is 0. The van der Waals surface area contributed by atoms with Crippen LogP contribution in [0.25, 0.3) is 0 Å². The Morgan fingerprint density at radius 2 is 1.66 bits per heavy atom. The third kappa shape index (κ3) is 11.1. The monoisotopic (exact) mass is 614 g/mol. The zero-order chi connectivity index (χ0) is 23.5. The van der Waals surface area contributed by atoms with Crippen LogP contribution in [-0.4, -0.2) is 63.9 Å². The molecule has 0 unspecified atom stereocenters. The van der Waals surface area contributed by atoms with E-state index in [4.69, 9.17) is 0 Å². The van der Waals surface area contributed by atoms with Gasteiger partial charge in [-0.15, -0.1) is 34.0 Å². The Balaban J connectivity index is 0.00000306. The number of likely N-dealkylation sites (tertiary alicyclic amines) is 1. The molecule has 7 heteroatoms. The van der Waals surface area contributed by atoms with Crippen LogP contribution in [0.2, 0.25) is 0 Å². The van der Waals surface area contributed by atoms with Gasteiger partial charge in [-0.25, -0.2) is 0 Å². The summed E-state index contributed by atoms with van der Waals surface area (Å²) in [6, 6.07) is 13.4. The average Bonchev–Trinajstić information content (AvgIpc) is 3.23. The van der Waals surface area contributed by atoms with Gasteiger partial charge in [0.2, 0.25) is 0 Å². The van der Waals surface area contributed by atoms with Gasteiger partial charge < -0.3 is 25.1 Å². The first-order valence-electron chi connectivity index (χ1n) is 12.8. The number of unbranched alkanes of at least 4 members (excludes halogenated alkanes) is 3. The second-order valence-electron chi connectivity index (χ2n) is 9.53. The van der Waals surface area contributed by atoms with E-state index < -0.39 is 0 Å². The highest BCUT2D eigenvalue weighted by Gasteiger charge is 2.24. The molecule has 198 valence electrons. The van der Waals surface area contributed by atoms with Gasteiger partial charge in [0.1, 0.15) is 5.75 Å². The molecule has 1 saturated heterocycles. The van der Waals surface area contributed by atoms with Crippen molar-refractivity contribution in [2.45, 2.75) is 70.8 Å². The lowest BCUT2D eigenvalue weighted by molar-refractivity contribution is 0.242. The van der Waals surface area contributed by atoms with E-state index in [1.165, 1.54) is 57.1 Å². The quantitative estimate of drug-likeness (QED) is 0.168. The second kappa shape index (κ2) is 17.2. The zero-order valence-electron chi connectivity index (χ0n) is 21.1. The number of benzene rings is 2. The highest BCUT2D eigenvalue weighted by atomic mass is 79.9. The SMILES string of the molecule is Br.Br.CCCN(CCCCCCN1CCC[C@H]1Cc1ccc(O)c(O)c1)CCc1cccc(O)c1. The molecule has 35 heavy (non-hydrogen) atoms. The van der Waals surface area contributed by atoms with E-state index in [1.807, 2.05) is 18.2 Å². The zero-order valence-corrected chi connectivity index (χ0v) is 24.5. The first kappa shape index (κ1) is 31.7. The van der Waals surface area contributed by atoms with E-state index in [2.05, 4.69) is 22.8 Å². The van der Waals surface area contributed by atoms with Crippen molar-refractivity contribution in [2.75, 3.05) is 32.7 Å². The van der Waals surface area contributed by atoms with E-state index in [0.29, 0.717) is 11.8 Å². The van der Waals surface area contributed by atoms with Gasteiger partial charge in [-0.05, 0) is 107 Å². The molecule has 0 aliphatic carbocycles. The molecule has 2 aromatic rings. The summed E-state index contributed by atoms with van der Waals surface area (Å²) in [7, 11) is 0. The standard InChI is InChI=1S/C28H42N2O3.2BrH/c1-2-15-29(19-14-23-9-7-11-26(31)21-23)16-5-3-4-6-17-30-18-8-10-25(30)20-24-12-13-27(32)28(33)22-24;;/h7,9,11-13,21-22,25,31-33H,2-6,8,10,14-20H2,1H3;2*1H/t25-;;/m0../s1. The molecule has 2 aromatic carbocycles. The lowest BCUT2D eigenvalue weighted by atomic mass is 10.0. The van der Waals surface area contributed by atoms with Crippen LogP contribution in [-0.2, 0) is 12.8 Å². The van der Waals surface area contributed by atoms with Crippen molar-refractivity contribution in [1.82, 2.24) is 9.80 Å². The van der Waals surface area contributed by atoms with Gasteiger partial charge in [-0.2, -0.15) is 0 Å². The van der Waals surface area contributed by atoms with Crippen molar-refractivity contribution in [2.24, 2.45) is 0 Å². The van der Waals surface area contributed by atoms with Gasteiger partial charge in [0.15, 0.2) is 11.5 Å². The van der Waals surface area contributed by atoms with E-state index in [9.17, 15) is 15.3 Å². The van der Waals surface area contributed by atoms with Crippen molar-refractivity contribution in [1.29, 1.82) is 0 Å². The molecule has 1 aliphatic rings. The minimum Gasteiger partial charge on any atom is -0.508 e. The minimum absolute atomic E-state index is 0. The lowest BCUT2D eigenvalue weighted by Crippen LogP contribution is -2.32. The van der Waals surface area contributed by atoms with Crippen molar-refractivity contribution in [3.63, 3.8) is 0 Å². The predicted molar refractivity (Wildman–Crippen MR) is 156 cm³/mol. The molecule has 1 aliphatic heterocycles. The van der Waals surface area contributed by atoms with Gasteiger partial charge in [0.25, 0.3) is 0 Å². The molecule has 3 rings (SSSR count). The Labute approximate surface area is 232 Å². The lowest BCUT2D eigenvalue weighted by Gasteiger charge is -2.25. The fraction of sp³-hybridized carbons (Fsp3) is 0.571. The fourth-order valence-electron chi connectivity index (χ4n) is 5.04. The number of hydrogen-bond donors (Lipinski definition) is 3. The Morgan fingerprint density at radius 3 is 2.40 bits per heavy atom. The van der Waals surface area contributed by atoms with Crippen molar-refractivity contribution in [3.8, 4) is 17.2 Å². The molecule has 0 spiro atoms. The summed E-state index contributed by atoms with van der Waals surface area (Å²) in [5, 5.41) is 28.9. The van der Waals surface area contributed by atoms with Crippen LogP contribution in [0.15, 0.2) is 42.5 Å². The summed E-state index contributed by atoms with van der Waals surface area (Å²) in [6.45, 7) is 7.93. The number of phenols is 3. The summed E-state index contributed by atoms with van der Waals surface area (Å²) in [6.07, 6.45) is 10.6. The van der Waals surface area contributed by atoms with Gasteiger partial charge >= 0.3 is 0 Å². The maximum absolute atomic E-state index is 9.76. The molecule has 1 heterocycles. The summed E-state index contributed by atoms with van der Waals surface area (Å²) in [5.74, 6) is 0.297. The van der Waals surface area contributed by atoms with Gasteiger partial charge in [-0.3, -0.25) is 0 Å². The van der Waals surface area contributed by atoms with E-state index in [1.54, 1.807) is 18.2 Å². The minimum atomic E-state index is -0.0427. The largest absolute Gasteiger partial charge is 0.508 e. The average molecular weight is 616 g/mol. The molecule has 0 aromatic heterocycles. The van der Waals surface area contributed by atoms with Gasteiger partial charge in [-0.1, -0.05) is 38.0 Å². The molecule has 3 N–H and O–H groups in total. The van der Waals surface area contributed by atoms with Crippen LogP contribution in [0.4, 0.5) is 0 Å². The molecule has 0 bridgehead atoms. The highest BCUT2D eigenvalue weighted by Crippen LogP contribution is 2.28. The van der Waals surface area contributed by atoms with Crippen LogP contribution >= 0.6 is 34.0 Å². The predicted octanol–water partition coefficient (Wildman–Crippen LogP) is 6.48. The van der Waals surface area contributed by atoms with Crippen molar-refractivity contribution >= 4 is 34.0 Å². The van der Waals surface area contributed by atoms with Crippen LogP contribution in [0, 0.1) is 0 Å². The number of halogens is 2. The first-order chi connectivity index (χ1) is 16.0. The molecule has 1 fully saturated rings. The smallest absolute Gasteiger partial charge is 0.157 e. The van der Waals surface area contributed by atoms with Crippen molar-refractivity contribution < 1.29 is 15.3 Å². The highest BCUT2D eigenvalue weighted by molar-refractivity contribution is 8.93. The molecule has 0 radical (unpaired) electrons. The van der Waals surface area contributed by atoms with Crippen LogP contribution < -0.4 is 0 Å². The molecular weight excluding hydrogens is 572 g/mol. The number of nitrogens with zero attached hydrogens (tertiary/aromatic N) is 2. The fourth-order valence-corrected chi connectivity index (χ4v) is 5.04. The molecule has 0 saturated carbocycles. The number of phenolic OH excluding ortho intramolecular Hbond substituents is 3. The van der Waals surface area contributed by atoms with Crippen LogP contribution in [0.5, 0.6) is 17.2 Å². The Kier molecular flexibility index (Phi) is 15.6. The van der Waals surface area contributed by atoms with E-state index >= 15 is 0 Å². The number of hydrogen-bond acceptors (Lipinski definition) is 5. The molecule has 1 atom stereocenters. The van der Waals surface area contributed by atoms with E-state index in [0.717, 1.165) is 44.6 Å². The van der Waals surface area contributed by atoms with Crippen LogP contribution in [0.3, 0.4) is 0 Å².